The highest BCUT2D eigenvalue weighted by molar-refractivity contribution is 8.06. The fraction of sp³-hybridized carbons (Fsp3) is 0.462. The Morgan fingerprint density at radius 1 is 1.38 bits per heavy atom. The molecule has 3 N–H and O–H groups in total. The van der Waals surface area contributed by atoms with Gasteiger partial charge in [-0.15, -0.1) is 0 Å². The van der Waals surface area contributed by atoms with E-state index in [2.05, 4.69) is 5.32 Å². The Morgan fingerprint density at radius 2 is 2.14 bits per heavy atom. The predicted molar refractivity (Wildman–Crippen MR) is 89.9 cm³/mol. The topological polar surface area (TPSA) is 89.3 Å². The molecule has 1 amide bonds. The van der Waals surface area contributed by atoms with E-state index in [9.17, 15) is 13.2 Å². The van der Waals surface area contributed by atoms with E-state index in [-0.39, 0.29) is 22.1 Å². The van der Waals surface area contributed by atoms with Crippen LogP contribution in [0.15, 0.2) is 23.1 Å². The molecule has 1 heterocycles. The van der Waals surface area contributed by atoms with Crippen LogP contribution in [0.2, 0.25) is 0 Å². The minimum atomic E-state index is -3.38. The summed E-state index contributed by atoms with van der Waals surface area (Å²) >= 11 is 3.74. The highest BCUT2D eigenvalue weighted by Gasteiger charge is 2.17. The zero-order valence-corrected chi connectivity index (χ0v) is 14.1. The van der Waals surface area contributed by atoms with Crippen molar-refractivity contribution in [3.05, 3.63) is 23.8 Å². The maximum atomic E-state index is 12.1. The number of nitrogens with two attached hydrogens (primary N) is 1. The van der Waals surface area contributed by atoms with Gasteiger partial charge in [-0.25, -0.2) is 8.42 Å². The molecular formula is C13H18N2O3S3. The van der Waals surface area contributed by atoms with Crippen LogP contribution in [0.5, 0.6) is 0 Å². The molecule has 116 valence electrons. The molecule has 0 aromatic heterocycles. The Bertz CT molecular complexity index is 626. The molecule has 2 rings (SSSR count). The molecular weight excluding hydrogens is 328 g/mol. The number of hydrogen-bond donors (Lipinski definition) is 2. The third kappa shape index (κ3) is 4.82. The van der Waals surface area contributed by atoms with Crippen LogP contribution >= 0.6 is 23.5 Å². The van der Waals surface area contributed by atoms with Gasteiger partial charge in [0.25, 0.3) is 5.91 Å². The predicted octanol–water partition coefficient (Wildman–Crippen LogP) is 1.25. The van der Waals surface area contributed by atoms with E-state index in [4.69, 9.17) is 5.73 Å². The van der Waals surface area contributed by atoms with Crippen molar-refractivity contribution in [1.82, 2.24) is 5.32 Å². The molecule has 0 spiro atoms. The Morgan fingerprint density at radius 3 is 2.76 bits per heavy atom. The summed E-state index contributed by atoms with van der Waals surface area (Å²) in [5.74, 6) is 2.99. The molecule has 1 aliphatic rings. The molecule has 8 heteroatoms. The quantitative estimate of drug-likeness (QED) is 0.798. The van der Waals surface area contributed by atoms with Gasteiger partial charge in [-0.05, 0) is 18.2 Å². The van der Waals surface area contributed by atoms with E-state index in [1.54, 1.807) is 0 Å². The zero-order valence-electron chi connectivity index (χ0n) is 11.7. The number of nitrogen functional groups attached to an aromatic ring is 1. The largest absolute Gasteiger partial charge is 0.399 e. The Labute approximate surface area is 133 Å². The molecule has 5 nitrogen and oxygen atoms in total. The maximum Gasteiger partial charge on any atom is 0.251 e. The van der Waals surface area contributed by atoms with Crippen molar-refractivity contribution < 1.29 is 13.2 Å². The van der Waals surface area contributed by atoms with Crippen molar-refractivity contribution in [1.29, 1.82) is 0 Å². The van der Waals surface area contributed by atoms with Crippen LogP contribution in [-0.4, -0.2) is 49.6 Å². The van der Waals surface area contributed by atoms with Crippen LogP contribution < -0.4 is 11.1 Å². The lowest BCUT2D eigenvalue weighted by Gasteiger charge is -2.21. The highest BCUT2D eigenvalue weighted by atomic mass is 32.2. The molecule has 0 saturated carbocycles. The molecule has 21 heavy (non-hydrogen) atoms. The molecule has 1 aliphatic heterocycles. The normalized spacial score (nSPS) is 19.2. The molecule has 1 fully saturated rings. The number of amides is 1. The smallest absolute Gasteiger partial charge is 0.251 e. The van der Waals surface area contributed by atoms with Crippen molar-refractivity contribution >= 4 is 45.0 Å². The molecule has 1 aromatic rings. The van der Waals surface area contributed by atoms with Crippen LogP contribution in [0, 0.1) is 0 Å². The number of hydrogen-bond acceptors (Lipinski definition) is 6. The minimum Gasteiger partial charge on any atom is -0.399 e. The fourth-order valence-corrected chi connectivity index (χ4v) is 5.23. The third-order valence-electron chi connectivity index (χ3n) is 2.99. The van der Waals surface area contributed by atoms with Gasteiger partial charge in [-0.2, -0.15) is 23.5 Å². The SMILES string of the molecule is CS(=O)(=O)c1cc(N)cc(C(=O)NCC2CSCCS2)c1. The molecule has 1 aromatic carbocycles. The number of rotatable bonds is 4. The van der Waals surface area contributed by atoms with Crippen LogP contribution in [0.3, 0.4) is 0 Å². The summed E-state index contributed by atoms with van der Waals surface area (Å²) in [7, 11) is -3.38. The van der Waals surface area contributed by atoms with Crippen LogP contribution in [-0.2, 0) is 9.84 Å². The van der Waals surface area contributed by atoms with Gasteiger partial charge in [0.1, 0.15) is 0 Å². The van der Waals surface area contributed by atoms with Gasteiger partial charge in [-0.3, -0.25) is 4.79 Å². The summed E-state index contributed by atoms with van der Waals surface area (Å²) in [6, 6.07) is 4.22. The second-order valence-corrected chi connectivity index (χ2v) is 9.41. The Balaban J connectivity index is 2.06. The summed E-state index contributed by atoms with van der Waals surface area (Å²) in [5.41, 5.74) is 6.23. The summed E-state index contributed by atoms with van der Waals surface area (Å²) in [5, 5.41) is 3.26. The number of nitrogens with one attached hydrogen (secondary N) is 1. The molecule has 0 aliphatic carbocycles. The number of sulfone groups is 1. The van der Waals surface area contributed by atoms with Crippen LogP contribution in [0.1, 0.15) is 10.4 Å². The lowest BCUT2D eigenvalue weighted by atomic mass is 10.2. The first-order valence-electron chi connectivity index (χ1n) is 6.44. The van der Waals surface area contributed by atoms with E-state index in [0.29, 0.717) is 11.8 Å². The monoisotopic (exact) mass is 346 g/mol. The molecule has 1 atom stereocenters. The summed E-state index contributed by atoms with van der Waals surface area (Å²) in [6.45, 7) is 0.583. The fourth-order valence-electron chi connectivity index (χ4n) is 1.93. The Hall–Kier alpha value is -0.860. The summed E-state index contributed by atoms with van der Waals surface area (Å²) in [6.07, 6.45) is 1.10. The van der Waals surface area contributed by atoms with Crippen LogP contribution in [0.4, 0.5) is 5.69 Å². The zero-order chi connectivity index (χ0) is 15.5. The lowest BCUT2D eigenvalue weighted by Crippen LogP contribution is -2.33. The van der Waals surface area contributed by atoms with Crippen LogP contribution in [0.25, 0.3) is 0 Å². The van der Waals surface area contributed by atoms with Crippen molar-refractivity contribution in [3.8, 4) is 0 Å². The van der Waals surface area contributed by atoms with Gasteiger partial charge in [-0.1, -0.05) is 0 Å². The average molecular weight is 346 g/mol. The second-order valence-electron chi connectivity index (χ2n) is 4.84. The van der Waals surface area contributed by atoms with Crippen molar-refractivity contribution in [2.45, 2.75) is 10.1 Å². The lowest BCUT2D eigenvalue weighted by molar-refractivity contribution is 0.0954. The number of benzene rings is 1. The number of carbonyl (C=O) groups is 1. The van der Waals surface area contributed by atoms with Gasteiger partial charge in [0.15, 0.2) is 9.84 Å². The van der Waals surface area contributed by atoms with E-state index in [0.717, 1.165) is 23.5 Å². The van der Waals surface area contributed by atoms with Crippen molar-refractivity contribution in [3.63, 3.8) is 0 Å². The van der Waals surface area contributed by atoms with E-state index in [1.807, 2.05) is 23.5 Å². The molecule has 1 unspecified atom stereocenters. The second kappa shape index (κ2) is 6.93. The van der Waals surface area contributed by atoms with Gasteiger partial charge in [0, 0.05) is 46.6 Å². The number of anilines is 1. The van der Waals surface area contributed by atoms with E-state index < -0.39 is 9.84 Å². The molecule has 0 radical (unpaired) electrons. The molecule has 0 bridgehead atoms. The van der Waals surface area contributed by atoms with Gasteiger partial charge < -0.3 is 11.1 Å². The third-order valence-corrected chi connectivity index (χ3v) is 6.93. The van der Waals surface area contributed by atoms with Crippen molar-refractivity contribution in [2.75, 3.05) is 35.8 Å². The standard InChI is InChI=1S/C13H18N2O3S3/c1-21(17,18)12-5-9(4-10(14)6-12)13(16)15-7-11-8-19-2-3-20-11/h4-6,11H,2-3,7-8,14H2,1H3,(H,15,16). The number of carbonyl (C=O) groups excluding carboxylic acids is 1. The van der Waals surface area contributed by atoms with Gasteiger partial charge in [0.05, 0.1) is 4.90 Å². The number of thioether (sulfide) groups is 2. The first kappa shape index (κ1) is 16.5. The van der Waals surface area contributed by atoms with Crippen molar-refractivity contribution in [2.24, 2.45) is 0 Å². The minimum absolute atomic E-state index is 0.0650. The maximum absolute atomic E-state index is 12.1. The summed E-state index contributed by atoms with van der Waals surface area (Å²) in [4.78, 5) is 12.2. The first-order valence-corrected chi connectivity index (χ1v) is 10.5. The van der Waals surface area contributed by atoms with E-state index in [1.165, 1.54) is 18.2 Å². The highest BCUT2D eigenvalue weighted by Crippen LogP contribution is 2.23. The van der Waals surface area contributed by atoms with Gasteiger partial charge >= 0.3 is 0 Å². The van der Waals surface area contributed by atoms with E-state index >= 15 is 0 Å². The average Bonchev–Trinajstić information content (AvgIpc) is 2.44. The molecule has 1 saturated heterocycles. The summed E-state index contributed by atoms with van der Waals surface area (Å²) < 4.78 is 23.1. The van der Waals surface area contributed by atoms with Gasteiger partial charge in [0.2, 0.25) is 0 Å². The first-order chi connectivity index (χ1) is 9.86. The Kier molecular flexibility index (Phi) is 5.45.